The minimum atomic E-state index is -0.193. The van der Waals surface area contributed by atoms with E-state index in [1.807, 2.05) is 48.7 Å². The van der Waals surface area contributed by atoms with Crippen molar-refractivity contribution >= 4 is 34.8 Å². The highest BCUT2D eigenvalue weighted by atomic mass is 32.2. The standard InChI is InChI=1S/C24H27N3O3S/c1-4-14-30-21-11-9-17(16-22(21)29-2)10-12-23(28)25-20(13-15-31-3)24-26-18-7-5-6-8-19(18)27-24/h4-12,16,20H,1,13-15H2,2-3H3,(H,25,28)(H,26,27)/b12-10+. The number of rotatable bonds is 11. The zero-order valence-electron chi connectivity index (χ0n) is 17.8. The molecule has 0 aliphatic heterocycles. The van der Waals surface area contributed by atoms with Gasteiger partial charge in [0.05, 0.1) is 24.2 Å². The van der Waals surface area contributed by atoms with Crippen LogP contribution >= 0.6 is 11.8 Å². The lowest BCUT2D eigenvalue weighted by atomic mass is 10.1. The number of hydrogen-bond donors (Lipinski definition) is 2. The Morgan fingerprint density at radius 2 is 2.13 bits per heavy atom. The van der Waals surface area contributed by atoms with Crippen LogP contribution in [0.2, 0.25) is 0 Å². The van der Waals surface area contributed by atoms with Crippen LogP contribution in [-0.4, -0.2) is 41.6 Å². The molecule has 0 saturated carbocycles. The fraction of sp³-hybridized carbons (Fsp3) is 0.250. The fourth-order valence-corrected chi connectivity index (χ4v) is 3.57. The van der Waals surface area contributed by atoms with E-state index in [9.17, 15) is 4.79 Å². The second-order valence-electron chi connectivity index (χ2n) is 6.83. The Balaban J connectivity index is 1.71. The number of methoxy groups -OCH3 is 1. The summed E-state index contributed by atoms with van der Waals surface area (Å²) in [5.41, 5.74) is 2.69. The molecule has 1 amide bonds. The molecule has 1 aromatic heterocycles. The highest BCUT2D eigenvalue weighted by Crippen LogP contribution is 2.28. The number of aromatic amines is 1. The first kappa shape index (κ1) is 22.5. The summed E-state index contributed by atoms with van der Waals surface area (Å²) in [5, 5.41) is 3.07. The summed E-state index contributed by atoms with van der Waals surface area (Å²) >= 11 is 1.74. The van der Waals surface area contributed by atoms with Crippen LogP contribution in [0.25, 0.3) is 17.1 Å². The van der Waals surface area contributed by atoms with E-state index in [4.69, 9.17) is 9.47 Å². The maximum atomic E-state index is 12.6. The first-order valence-corrected chi connectivity index (χ1v) is 11.4. The maximum absolute atomic E-state index is 12.6. The summed E-state index contributed by atoms with van der Waals surface area (Å²) in [6.07, 6.45) is 7.78. The molecule has 1 atom stereocenters. The van der Waals surface area contributed by atoms with Crippen molar-refractivity contribution in [3.8, 4) is 11.5 Å². The molecular formula is C24H27N3O3S. The molecule has 1 heterocycles. The van der Waals surface area contributed by atoms with Crippen molar-refractivity contribution in [1.29, 1.82) is 0 Å². The molecule has 0 fully saturated rings. The number of thioether (sulfide) groups is 1. The number of nitrogens with one attached hydrogen (secondary N) is 2. The van der Waals surface area contributed by atoms with Gasteiger partial charge in [0.2, 0.25) is 5.91 Å². The van der Waals surface area contributed by atoms with E-state index < -0.39 is 0 Å². The molecule has 0 spiro atoms. The van der Waals surface area contributed by atoms with Gasteiger partial charge in [-0.25, -0.2) is 4.98 Å². The molecule has 3 rings (SSSR count). The topological polar surface area (TPSA) is 76.2 Å². The number of aromatic nitrogens is 2. The van der Waals surface area contributed by atoms with E-state index in [1.54, 1.807) is 31.0 Å². The number of amides is 1. The van der Waals surface area contributed by atoms with E-state index in [0.29, 0.717) is 18.1 Å². The van der Waals surface area contributed by atoms with Gasteiger partial charge >= 0.3 is 0 Å². The monoisotopic (exact) mass is 437 g/mol. The minimum absolute atomic E-state index is 0.183. The van der Waals surface area contributed by atoms with Crippen molar-refractivity contribution in [3.05, 3.63) is 72.6 Å². The molecule has 0 bridgehead atoms. The molecular weight excluding hydrogens is 410 g/mol. The van der Waals surface area contributed by atoms with E-state index in [-0.39, 0.29) is 11.9 Å². The number of nitrogens with zero attached hydrogens (tertiary/aromatic N) is 1. The van der Waals surface area contributed by atoms with Crippen molar-refractivity contribution in [2.24, 2.45) is 0 Å². The van der Waals surface area contributed by atoms with Gasteiger partial charge in [-0.1, -0.05) is 30.9 Å². The second kappa shape index (κ2) is 11.3. The molecule has 3 aromatic rings. The van der Waals surface area contributed by atoms with Crippen LogP contribution in [0.4, 0.5) is 0 Å². The average molecular weight is 438 g/mol. The Bertz CT molecular complexity index is 1030. The summed E-state index contributed by atoms with van der Waals surface area (Å²) in [6, 6.07) is 13.2. The van der Waals surface area contributed by atoms with Crippen molar-refractivity contribution < 1.29 is 14.3 Å². The summed E-state index contributed by atoms with van der Waals surface area (Å²) in [6.45, 7) is 4.04. The molecule has 0 aliphatic carbocycles. The summed E-state index contributed by atoms with van der Waals surface area (Å²) in [5.74, 6) is 2.73. The van der Waals surface area contributed by atoms with Crippen LogP contribution in [0.3, 0.4) is 0 Å². The van der Waals surface area contributed by atoms with E-state index in [2.05, 4.69) is 21.9 Å². The molecule has 162 valence electrons. The molecule has 0 saturated heterocycles. The molecule has 6 nitrogen and oxygen atoms in total. The van der Waals surface area contributed by atoms with Crippen molar-refractivity contribution in [3.63, 3.8) is 0 Å². The van der Waals surface area contributed by atoms with E-state index >= 15 is 0 Å². The molecule has 0 radical (unpaired) electrons. The molecule has 7 heteroatoms. The summed E-state index contributed by atoms with van der Waals surface area (Å²) in [7, 11) is 1.58. The number of H-pyrrole nitrogens is 1. The quantitative estimate of drug-likeness (QED) is 0.334. The zero-order valence-corrected chi connectivity index (χ0v) is 18.6. The van der Waals surface area contributed by atoms with Gasteiger partial charge in [0.25, 0.3) is 0 Å². The van der Waals surface area contributed by atoms with Gasteiger partial charge in [-0.05, 0) is 54.3 Å². The highest BCUT2D eigenvalue weighted by Gasteiger charge is 2.17. The number of carbonyl (C=O) groups is 1. The Morgan fingerprint density at radius 3 is 2.87 bits per heavy atom. The fourth-order valence-electron chi connectivity index (χ4n) is 3.10. The smallest absolute Gasteiger partial charge is 0.244 e. The van der Waals surface area contributed by atoms with Gasteiger partial charge in [-0.15, -0.1) is 0 Å². The van der Waals surface area contributed by atoms with Crippen molar-refractivity contribution in [2.75, 3.05) is 25.7 Å². The predicted molar refractivity (Wildman–Crippen MR) is 128 cm³/mol. The Hall–Kier alpha value is -3.19. The Morgan fingerprint density at radius 1 is 1.29 bits per heavy atom. The van der Waals surface area contributed by atoms with E-state index in [1.165, 1.54) is 6.08 Å². The predicted octanol–water partition coefficient (Wildman–Crippen LogP) is 4.76. The zero-order chi connectivity index (χ0) is 22.1. The number of benzene rings is 2. The normalized spacial score (nSPS) is 12.1. The lowest BCUT2D eigenvalue weighted by Gasteiger charge is -2.15. The van der Waals surface area contributed by atoms with Gasteiger partial charge in [0, 0.05) is 6.08 Å². The number of para-hydroxylation sites is 2. The largest absolute Gasteiger partial charge is 0.493 e. The second-order valence-corrected chi connectivity index (χ2v) is 7.81. The van der Waals surface area contributed by atoms with Crippen molar-refractivity contribution in [2.45, 2.75) is 12.5 Å². The molecule has 1 unspecified atom stereocenters. The van der Waals surface area contributed by atoms with Crippen molar-refractivity contribution in [1.82, 2.24) is 15.3 Å². The average Bonchev–Trinajstić information content (AvgIpc) is 3.23. The number of carbonyl (C=O) groups excluding carboxylic acids is 1. The number of imidazole rings is 1. The van der Waals surface area contributed by atoms with Gasteiger partial charge in [-0.2, -0.15) is 11.8 Å². The van der Waals surface area contributed by atoms with Gasteiger partial charge in [-0.3, -0.25) is 4.79 Å². The Labute approximate surface area is 186 Å². The van der Waals surface area contributed by atoms with Crippen LogP contribution < -0.4 is 14.8 Å². The maximum Gasteiger partial charge on any atom is 0.244 e. The van der Waals surface area contributed by atoms with Gasteiger partial charge in [0.1, 0.15) is 12.4 Å². The molecule has 0 aliphatic rings. The highest BCUT2D eigenvalue weighted by molar-refractivity contribution is 7.98. The summed E-state index contributed by atoms with van der Waals surface area (Å²) in [4.78, 5) is 20.6. The van der Waals surface area contributed by atoms with Crippen LogP contribution in [0.15, 0.2) is 61.2 Å². The van der Waals surface area contributed by atoms with Crippen LogP contribution in [-0.2, 0) is 4.79 Å². The SMILES string of the molecule is C=CCOc1ccc(/C=C/C(=O)NC(CCSC)c2nc3ccccc3[nH]2)cc1OC. The Kier molecular flexibility index (Phi) is 8.18. The lowest BCUT2D eigenvalue weighted by molar-refractivity contribution is -0.117. The first-order chi connectivity index (χ1) is 15.1. The number of fused-ring (bicyclic) bond motifs is 1. The van der Waals surface area contributed by atoms with Crippen LogP contribution in [0, 0.1) is 0 Å². The third kappa shape index (κ3) is 6.15. The van der Waals surface area contributed by atoms with Gasteiger partial charge < -0.3 is 19.8 Å². The third-order valence-electron chi connectivity index (χ3n) is 4.64. The lowest BCUT2D eigenvalue weighted by Crippen LogP contribution is -2.28. The van der Waals surface area contributed by atoms with Crippen LogP contribution in [0.1, 0.15) is 23.9 Å². The number of ether oxygens (including phenoxy) is 2. The third-order valence-corrected chi connectivity index (χ3v) is 5.28. The molecule has 31 heavy (non-hydrogen) atoms. The first-order valence-electron chi connectivity index (χ1n) is 9.98. The summed E-state index contributed by atoms with van der Waals surface area (Å²) < 4.78 is 10.9. The molecule has 2 aromatic carbocycles. The number of hydrogen-bond acceptors (Lipinski definition) is 5. The van der Waals surface area contributed by atoms with Crippen LogP contribution in [0.5, 0.6) is 11.5 Å². The molecule has 2 N–H and O–H groups in total. The minimum Gasteiger partial charge on any atom is -0.493 e. The van der Waals surface area contributed by atoms with Gasteiger partial charge in [0.15, 0.2) is 11.5 Å². The van der Waals surface area contributed by atoms with E-state index in [0.717, 1.165) is 34.6 Å².